The molecule has 1 heterocycles. The monoisotopic (exact) mass is 475 g/mol. The van der Waals surface area contributed by atoms with Gasteiger partial charge >= 0.3 is 6.18 Å². The molecule has 3 rings (SSSR count). The largest absolute Gasteiger partial charge is 0.418 e. The zero-order chi connectivity index (χ0) is 19.6. The van der Waals surface area contributed by atoms with Crippen LogP contribution < -0.4 is 10.6 Å². The number of thiazole rings is 1. The fourth-order valence-electron chi connectivity index (χ4n) is 2.16. The number of amides is 1. The number of hydrogen-bond acceptors (Lipinski definition) is 4. The Morgan fingerprint density at radius 2 is 1.85 bits per heavy atom. The van der Waals surface area contributed by atoms with Gasteiger partial charge in [-0.25, -0.2) is 4.98 Å². The number of carbonyl (C=O) groups is 1. The molecule has 1 amide bonds. The molecule has 0 aliphatic heterocycles. The highest BCUT2D eigenvalue weighted by molar-refractivity contribution is 9.10. The van der Waals surface area contributed by atoms with E-state index in [-0.39, 0.29) is 21.5 Å². The van der Waals surface area contributed by atoms with Gasteiger partial charge in [-0.2, -0.15) is 13.2 Å². The lowest BCUT2D eigenvalue weighted by Gasteiger charge is -2.14. The van der Waals surface area contributed by atoms with Crippen molar-refractivity contribution in [1.29, 1.82) is 0 Å². The van der Waals surface area contributed by atoms with Crippen molar-refractivity contribution in [2.75, 3.05) is 10.6 Å². The van der Waals surface area contributed by atoms with Crippen molar-refractivity contribution in [3.63, 3.8) is 0 Å². The van der Waals surface area contributed by atoms with Crippen molar-refractivity contribution in [3.05, 3.63) is 68.6 Å². The molecule has 0 fully saturated rings. The minimum absolute atomic E-state index is 0.0750. The van der Waals surface area contributed by atoms with E-state index in [9.17, 15) is 18.0 Å². The molecule has 27 heavy (non-hydrogen) atoms. The molecule has 3 aromatic rings. The van der Waals surface area contributed by atoms with Crippen LogP contribution in [0.3, 0.4) is 0 Å². The first-order valence-electron chi connectivity index (χ1n) is 7.39. The molecule has 0 aliphatic carbocycles. The van der Waals surface area contributed by atoms with Crippen molar-refractivity contribution < 1.29 is 18.0 Å². The van der Waals surface area contributed by atoms with Crippen LogP contribution in [0.1, 0.15) is 16.1 Å². The molecule has 0 radical (unpaired) electrons. The molecule has 0 bridgehead atoms. The zero-order valence-electron chi connectivity index (χ0n) is 13.3. The highest BCUT2D eigenvalue weighted by Crippen LogP contribution is 2.40. The van der Waals surface area contributed by atoms with Crippen LogP contribution in [0.25, 0.3) is 0 Å². The first-order valence-corrected chi connectivity index (χ1v) is 9.44. The van der Waals surface area contributed by atoms with Crippen LogP contribution in [-0.2, 0) is 6.18 Å². The van der Waals surface area contributed by atoms with Crippen LogP contribution in [0, 0.1) is 0 Å². The lowest BCUT2D eigenvalue weighted by molar-refractivity contribution is -0.136. The van der Waals surface area contributed by atoms with E-state index in [1.807, 2.05) is 0 Å². The van der Waals surface area contributed by atoms with Gasteiger partial charge in [0.15, 0.2) is 5.13 Å². The molecule has 1 aromatic heterocycles. The van der Waals surface area contributed by atoms with E-state index in [4.69, 9.17) is 11.6 Å². The SMILES string of the molecule is O=C(Nc1ccc(Br)cc1)c1csc(Nc2c(Cl)cccc2C(F)(F)F)n1. The highest BCUT2D eigenvalue weighted by Gasteiger charge is 2.34. The zero-order valence-corrected chi connectivity index (χ0v) is 16.4. The van der Waals surface area contributed by atoms with Crippen LogP contribution >= 0.6 is 38.9 Å². The van der Waals surface area contributed by atoms with Crippen LogP contribution in [0.2, 0.25) is 5.02 Å². The van der Waals surface area contributed by atoms with E-state index < -0.39 is 17.6 Å². The van der Waals surface area contributed by atoms with Gasteiger partial charge < -0.3 is 10.6 Å². The van der Waals surface area contributed by atoms with E-state index in [1.54, 1.807) is 24.3 Å². The van der Waals surface area contributed by atoms with Gasteiger partial charge in [-0.1, -0.05) is 33.6 Å². The predicted octanol–water partition coefficient (Wildman–Crippen LogP) is 6.57. The standard InChI is InChI=1S/C17H10BrClF3N3OS/c18-9-4-6-10(7-5-9)23-15(26)13-8-27-16(24-13)25-14-11(17(20,21)22)2-1-3-12(14)19/h1-8H,(H,23,26)(H,24,25). The molecule has 4 nitrogen and oxygen atoms in total. The fraction of sp³-hybridized carbons (Fsp3) is 0.0588. The number of aromatic nitrogens is 1. The number of hydrogen-bond donors (Lipinski definition) is 2. The van der Waals surface area contributed by atoms with Crippen LogP contribution in [-0.4, -0.2) is 10.9 Å². The van der Waals surface area contributed by atoms with E-state index in [0.29, 0.717) is 5.69 Å². The lowest BCUT2D eigenvalue weighted by atomic mass is 10.1. The Labute approximate surface area is 169 Å². The molecule has 2 N–H and O–H groups in total. The third kappa shape index (κ3) is 4.79. The van der Waals surface area contributed by atoms with Crippen molar-refractivity contribution in [3.8, 4) is 0 Å². The molecule has 0 saturated carbocycles. The molecule has 0 atom stereocenters. The normalized spacial score (nSPS) is 11.3. The first kappa shape index (κ1) is 19.7. The van der Waals surface area contributed by atoms with Gasteiger partial charge in [0.1, 0.15) is 5.69 Å². The smallest absolute Gasteiger partial charge is 0.330 e. The number of alkyl halides is 3. The summed E-state index contributed by atoms with van der Waals surface area (Å²) in [5.74, 6) is -0.475. The Hall–Kier alpha value is -2.10. The van der Waals surface area contributed by atoms with E-state index in [2.05, 4.69) is 31.5 Å². The lowest BCUT2D eigenvalue weighted by Crippen LogP contribution is -2.12. The number of rotatable bonds is 4. The van der Waals surface area contributed by atoms with E-state index >= 15 is 0 Å². The summed E-state index contributed by atoms with van der Waals surface area (Å²) in [6, 6.07) is 10.4. The van der Waals surface area contributed by atoms with E-state index in [0.717, 1.165) is 21.9 Å². The van der Waals surface area contributed by atoms with Gasteiger partial charge in [0.05, 0.1) is 16.3 Å². The van der Waals surface area contributed by atoms with Crippen LogP contribution in [0.15, 0.2) is 52.3 Å². The summed E-state index contributed by atoms with van der Waals surface area (Å²) >= 11 is 10.2. The minimum atomic E-state index is -4.58. The van der Waals surface area contributed by atoms with Gasteiger partial charge in [0.25, 0.3) is 5.91 Å². The number of carbonyl (C=O) groups excluding carboxylic acids is 1. The van der Waals surface area contributed by atoms with Crippen LogP contribution in [0.4, 0.5) is 29.7 Å². The summed E-state index contributed by atoms with van der Waals surface area (Å²) < 4.78 is 40.3. The maximum atomic E-state index is 13.2. The minimum Gasteiger partial charge on any atom is -0.330 e. The summed E-state index contributed by atoms with van der Waals surface area (Å²) in [5, 5.41) is 6.69. The Bertz CT molecular complexity index is 976. The maximum Gasteiger partial charge on any atom is 0.418 e. The first-order chi connectivity index (χ1) is 12.7. The quantitative estimate of drug-likeness (QED) is 0.447. The van der Waals surface area contributed by atoms with Gasteiger partial charge in [0.2, 0.25) is 0 Å². The summed E-state index contributed by atoms with van der Waals surface area (Å²) in [6.45, 7) is 0. The number of nitrogens with zero attached hydrogens (tertiary/aromatic N) is 1. The molecule has 2 aromatic carbocycles. The van der Waals surface area contributed by atoms with Gasteiger partial charge in [-0.05, 0) is 36.4 Å². The Morgan fingerprint density at radius 3 is 2.52 bits per heavy atom. The third-order valence-corrected chi connectivity index (χ3v) is 4.99. The topological polar surface area (TPSA) is 54.0 Å². The Kier molecular flexibility index (Phi) is 5.73. The van der Waals surface area contributed by atoms with Crippen molar-refractivity contribution in [1.82, 2.24) is 4.98 Å². The average Bonchev–Trinajstić information content (AvgIpc) is 3.06. The molecule has 0 spiro atoms. The fourth-order valence-corrected chi connectivity index (χ4v) is 3.34. The number of nitrogens with one attached hydrogen (secondary N) is 2. The van der Waals surface area contributed by atoms with Gasteiger partial charge in [-0.3, -0.25) is 4.79 Å². The molecule has 0 saturated heterocycles. The second kappa shape index (κ2) is 7.87. The Morgan fingerprint density at radius 1 is 1.15 bits per heavy atom. The number of para-hydroxylation sites is 1. The maximum absolute atomic E-state index is 13.2. The second-order valence-electron chi connectivity index (χ2n) is 5.28. The van der Waals surface area contributed by atoms with Crippen molar-refractivity contribution >= 4 is 61.3 Å². The number of halogens is 5. The molecule has 0 unspecified atom stereocenters. The molecule has 10 heteroatoms. The van der Waals surface area contributed by atoms with Gasteiger partial charge in [0, 0.05) is 15.5 Å². The Balaban J connectivity index is 1.79. The van der Waals surface area contributed by atoms with Gasteiger partial charge in [-0.15, -0.1) is 11.3 Å². The van der Waals surface area contributed by atoms with Crippen molar-refractivity contribution in [2.45, 2.75) is 6.18 Å². The molecular formula is C17H10BrClF3N3OS. The van der Waals surface area contributed by atoms with Crippen molar-refractivity contribution in [2.24, 2.45) is 0 Å². The van der Waals surface area contributed by atoms with Crippen LogP contribution in [0.5, 0.6) is 0 Å². The molecular weight excluding hydrogens is 467 g/mol. The summed E-state index contributed by atoms with van der Waals surface area (Å²) in [5.41, 5.74) is -0.575. The second-order valence-corrected chi connectivity index (χ2v) is 7.47. The average molecular weight is 477 g/mol. The number of benzene rings is 2. The summed E-state index contributed by atoms with van der Waals surface area (Å²) in [4.78, 5) is 16.3. The third-order valence-electron chi connectivity index (χ3n) is 3.39. The summed E-state index contributed by atoms with van der Waals surface area (Å²) in [7, 11) is 0. The number of anilines is 3. The summed E-state index contributed by atoms with van der Waals surface area (Å²) in [6.07, 6.45) is -4.58. The van der Waals surface area contributed by atoms with E-state index in [1.165, 1.54) is 17.5 Å². The molecule has 140 valence electrons. The highest BCUT2D eigenvalue weighted by atomic mass is 79.9. The predicted molar refractivity (Wildman–Crippen MR) is 104 cm³/mol. The molecule has 0 aliphatic rings.